The maximum absolute atomic E-state index is 13.8. The third-order valence-corrected chi connectivity index (χ3v) is 8.08. The van der Waals surface area contributed by atoms with Crippen molar-refractivity contribution in [3.8, 4) is 28.4 Å². The number of benzene rings is 3. The Morgan fingerprint density at radius 3 is 2.40 bits per heavy atom. The third-order valence-electron chi connectivity index (χ3n) is 8.08. The number of carboxylic acid groups (broad SMARTS) is 2. The number of aliphatic carboxylic acids is 2. The van der Waals surface area contributed by atoms with Crippen molar-refractivity contribution in [2.45, 2.75) is 51.9 Å². The van der Waals surface area contributed by atoms with Crippen molar-refractivity contribution in [2.75, 3.05) is 33.4 Å². The number of hydrogen-bond acceptors (Lipinski definition) is 9. The second kappa shape index (κ2) is 19.5. The fourth-order valence-corrected chi connectivity index (χ4v) is 5.72. The Balaban J connectivity index is 0.000000687. The van der Waals surface area contributed by atoms with Crippen molar-refractivity contribution in [3.63, 3.8) is 0 Å². The van der Waals surface area contributed by atoms with Crippen LogP contribution in [0, 0.1) is 0 Å². The molecule has 2 amide bonds. The van der Waals surface area contributed by atoms with Crippen LogP contribution in [0.5, 0.6) is 17.2 Å². The van der Waals surface area contributed by atoms with Gasteiger partial charge in [-0.15, -0.1) is 0 Å². The quantitative estimate of drug-likeness (QED) is 0.234. The summed E-state index contributed by atoms with van der Waals surface area (Å²) in [5.74, 6) is -0.170. The fraction of sp³-hybridized carbons (Fsp3) is 0.342. The second-order valence-electron chi connectivity index (χ2n) is 12.2. The van der Waals surface area contributed by atoms with Gasteiger partial charge in [0.25, 0.3) is 23.8 Å². The van der Waals surface area contributed by atoms with Crippen molar-refractivity contribution >= 4 is 23.8 Å². The second-order valence-corrected chi connectivity index (χ2v) is 12.2. The number of hydrogen-bond donors (Lipinski definition) is 4. The van der Waals surface area contributed by atoms with Gasteiger partial charge in [0.15, 0.2) is 6.61 Å². The summed E-state index contributed by atoms with van der Waals surface area (Å²) >= 11 is 0. The number of amides is 2. The Labute approximate surface area is 302 Å². The number of likely N-dealkylation sites (tertiary alicyclic amines) is 1. The Kier molecular flexibility index (Phi) is 14.6. The van der Waals surface area contributed by atoms with E-state index in [4.69, 9.17) is 34.0 Å². The standard InChI is InChI=1S/C34H37N5O5.2C2H4O2/c1-42-31-11-8-26-19-29(31)25-4-2-5-28(18-25)43-22-33(40)36-20-24-6-9-27(10-7-24)44-32-12-16-38(21-30(32)37-34(26)41)14-3-15-39-17-13-35-23-39;2*1-2(3)4/h2,4-11,13,17-19,23,30,32H,3,12,14-16,20-22H2,1H3,(H,36,40)(H,37,41);2*1H3,(H,3,4)/t30-,32-;;/m1../s1. The summed E-state index contributed by atoms with van der Waals surface area (Å²) in [6.45, 7) is 5.77. The molecule has 4 aromatic rings. The average Bonchev–Trinajstić information content (AvgIpc) is 3.64. The first-order chi connectivity index (χ1) is 25.0. The normalized spacial score (nSPS) is 17.1. The lowest BCUT2D eigenvalue weighted by Gasteiger charge is -2.39. The van der Waals surface area contributed by atoms with Crippen molar-refractivity contribution in [3.05, 3.63) is 96.6 Å². The summed E-state index contributed by atoms with van der Waals surface area (Å²) in [6, 6.07) is 20.3. The molecule has 14 heteroatoms. The number of fused-ring (bicyclic) bond motifs is 7. The van der Waals surface area contributed by atoms with Crippen LogP contribution >= 0.6 is 0 Å². The molecule has 0 unspecified atom stereocenters. The molecule has 6 bridgehead atoms. The molecule has 0 radical (unpaired) electrons. The predicted octanol–water partition coefficient (Wildman–Crippen LogP) is 4.09. The molecule has 14 nitrogen and oxygen atoms in total. The van der Waals surface area contributed by atoms with Crippen LogP contribution in [0.25, 0.3) is 11.1 Å². The van der Waals surface area contributed by atoms with Gasteiger partial charge in [0, 0.05) is 63.5 Å². The Hall–Kier alpha value is -5.89. The monoisotopic (exact) mass is 715 g/mol. The van der Waals surface area contributed by atoms with Gasteiger partial charge in [0.2, 0.25) is 0 Å². The van der Waals surface area contributed by atoms with E-state index in [0.29, 0.717) is 30.2 Å². The zero-order chi connectivity index (χ0) is 37.5. The third kappa shape index (κ3) is 12.5. The maximum Gasteiger partial charge on any atom is 0.300 e. The van der Waals surface area contributed by atoms with E-state index in [1.54, 1.807) is 31.5 Å². The first-order valence-electron chi connectivity index (χ1n) is 16.8. The Morgan fingerprint density at radius 1 is 0.962 bits per heavy atom. The largest absolute Gasteiger partial charge is 0.496 e. The van der Waals surface area contributed by atoms with Gasteiger partial charge < -0.3 is 44.5 Å². The zero-order valence-corrected chi connectivity index (χ0v) is 29.5. The van der Waals surface area contributed by atoms with E-state index in [1.807, 2.05) is 61.1 Å². The van der Waals surface area contributed by atoms with E-state index >= 15 is 0 Å². The number of methoxy groups -OCH3 is 1. The average molecular weight is 716 g/mol. The number of carboxylic acids is 2. The number of ether oxygens (including phenoxy) is 3. The number of carbonyl (C=O) groups excluding carboxylic acids is 2. The van der Waals surface area contributed by atoms with E-state index in [1.165, 1.54) is 0 Å². The molecule has 2 atom stereocenters. The minimum atomic E-state index is -0.833. The highest BCUT2D eigenvalue weighted by atomic mass is 16.5. The van der Waals surface area contributed by atoms with Crippen LogP contribution in [-0.2, 0) is 27.5 Å². The van der Waals surface area contributed by atoms with Crippen LogP contribution in [0.2, 0.25) is 0 Å². The van der Waals surface area contributed by atoms with Crippen LogP contribution in [0.15, 0.2) is 85.5 Å². The van der Waals surface area contributed by atoms with Crippen LogP contribution in [0.4, 0.5) is 0 Å². The van der Waals surface area contributed by atoms with Crippen molar-refractivity contribution in [1.29, 1.82) is 0 Å². The molecule has 1 aromatic heterocycles. The number of nitrogens with zero attached hydrogens (tertiary/aromatic N) is 3. The molecule has 52 heavy (non-hydrogen) atoms. The van der Waals surface area contributed by atoms with Gasteiger partial charge in [0.05, 0.1) is 19.5 Å². The molecule has 0 saturated carbocycles. The molecule has 7 rings (SSSR count). The number of nitrogens with one attached hydrogen (secondary N) is 2. The summed E-state index contributed by atoms with van der Waals surface area (Å²) in [5.41, 5.74) is 3.03. The molecule has 0 aliphatic carbocycles. The van der Waals surface area contributed by atoms with Gasteiger partial charge in [0.1, 0.15) is 23.4 Å². The van der Waals surface area contributed by atoms with Gasteiger partial charge in [-0.3, -0.25) is 19.2 Å². The highest BCUT2D eigenvalue weighted by Gasteiger charge is 2.32. The van der Waals surface area contributed by atoms with Gasteiger partial charge in [-0.05, 0) is 73.0 Å². The molecule has 276 valence electrons. The Morgan fingerprint density at radius 2 is 1.71 bits per heavy atom. The Bertz CT molecular complexity index is 1760. The first-order valence-corrected chi connectivity index (χ1v) is 16.8. The minimum absolute atomic E-state index is 0.117. The number of piperidine rings is 1. The van der Waals surface area contributed by atoms with E-state index in [9.17, 15) is 9.59 Å². The number of imidazole rings is 1. The van der Waals surface area contributed by atoms with Crippen molar-refractivity contribution < 1.29 is 43.6 Å². The number of carbonyl (C=O) groups is 4. The molecule has 4 N–H and O–H groups in total. The van der Waals surface area contributed by atoms with Crippen LogP contribution in [0.1, 0.15) is 42.6 Å². The molecule has 3 aromatic carbocycles. The predicted molar refractivity (Wildman–Crippen MR) is 192 cm³/mol. The molecular formula is C38H45N5O9. The lowest BCUT2D eigenvalue weighted by atomic mass is 9.99. The van der Waals surface area contributed by atoms with Crippen LogP contribution < -0.4 is 24.8 Å². The maximum atomic E-state index is 13.8. The smallest absolute Gasteiger partial charge is 0.300 e. The number of aryl methyl sites for hydroxylation is 1. The van der Waals surface area contributed by atoms with Crippen molar-refractivity contribution in [2.24, 2.45) is 0 Å². The summed E-state index contributed by atoms with van der Waals surface area (Å²) in [4.78, 5) is 50.8. The molecule has 3 aliphatic heterocycles. The van der Waals surface area contributed by atoms with E-state index < -0.39 is 11.9 Å². The van der Waals surface area contributed by atoms with E-state index in [0.717, 1.165) is 68.8 Å². The van der Waals surface area contributed by atoms with E-state index in [2.05, 4.69) is 25.1 Å². The molecular weight excluding hydrogens is 670 g/mol. The summed E-state index contributed by atoms with van der Waals surface area (Å²) in [5, 5.41) is 21.0. The number of rotatable bonds is 5. The highest BCUT2D eigenvalue weighted by Crippen LogP contribution is 2.33. The highest BCUT2D eigenvalue weighted by molar-refractivity contribution is 5.96. The SMILES string of the molecule is CC(=O)O.CC(=O)O.COc1ccc2cc1-c1cccc(c1)OCC(=O)NCc1ccc(cc1)O[C@@H]1CCN(CCCn3ccnc3)C[C@H]1NC2=O. The van der Waals surface area contributed by atoms with Crippen LogP contribution in [-0.4, -0.2) is 93.9 Å². The zero-order valence-electron chi connectivity index (χ0n) is 29.5. The van der Waals surface area contributed by atoms with Gasteiger partial charge >= 0.3 is 0 Å². The minimum Gasteiger partial charge on any atom is -0.496 e. The number of aromatic nitrogens is 2. The molecule has 4 heterocycles. The van der Waals surface area contributed by atoms with Gasteiger partial charge in [-0.1, -0.05) is 24.3 Å². The topological polar surface area (TPSA) is 182 Å². The summed E-state index contributed by atoms with van der Waals surface area (Å²) < 4.78 is 20.0. The molecule has 1 fully saturated rings. The first kappa shape index (κ1) is 38.9. The lowest BCUT2D eigenvalue weighted by Crippen LogP contribution is -2.57. The van der Waals surface area contributed by atoms with Gasteiger partial charge in [-0.25, -0.2) is 4.98 Å². The molecule has 3 aliphatic rings. The summed E-state index contributed by atoms with van der Waals surface area (Å²) in [6.07, 6.45) is 7.15. The fourth-order valence-electron chi connectivity index (χ4n) is 5.72. The molecule has 0 spiro atoms. The van der Waals surface area contributed by atoms with E-state index in [-0.39, 0.29) is 30.6 Å². The van der Waals surface area contributed by atoms with Crippen molar-refractivity contribution in [1.82, 2.24) is 25.1 Å². The molecule has 1 saturated heterocycles. The van der Waals surface area contributed by atoms with Crippen LogP contribution in [0.3, 0.4) is 0 Å². The van der Waals surface area contributed by atoms with Gasteiger partial charge in [-0.2, -0.15) is 0 Å². The summed E-state index contributed by atoms with van der Waals surface area (Å²) in [7, 11) is 1.60. The lowest BCUT2D eigenvalue weighted by molar-refractivity contribution is -0.135.